The number of carbonyl (C=O) groups is 1. The minimum Gasteiger partial charge on any atom is -0.359 e. The third-order valence-electron chi connectivity index (χ3n) is 5.18. The quantitative estimate of drug-likeness (QED) is 0.443. The summed E-state index contributed by atoms with van der Waals surface area (Å²) in [6, 6.07) is 7.79. The molecule has 0 bridgehead atoms. The van der Waals surface area contributed by atoms with Gasteiger partial charge in [-0.15, -0.1) is 11.8 Å². The monoisotopic (exact) mass is 395 g/mol. The number of hydrogen-bond donors (Lipinski definition) is 3. The van der Waals surface area contributed by atoms with E-state index in [0.717, 1.165) is 56.0 Å². The molecule has 3 rings (SSSR count). The molecule has 1 aromatic rings. The molecule has 0 radical (unpaired) electrons. The van der Waals surface area contributed by atoms with Crippen LogP contribution in [-0.4, -0.2) is 60.3 Å². The standard InChI is InChI=1S/C19H30N3O2PS/c1-26-18-4-2-3-16(13-18)19(23)20-14-15-7-10-22(11-8-15)12-9-21-25(24)17-5-6-17/h2-4,13,15,17,21,24H,5-12,14H2,1H3,(H,20,23). The van der Waals surface area contributed by atoms with Gasteiger partial charge in [0, 0.05) is 35.8 Å². The van der Waals surface area contributed by atoms with Crippen LogP contribution in [0.3, 0.4) is 0 Å². The van der Waals surface area contributed by atoms with Gasteiger partial charge in [0.15, 0.2) is 0 Å². The minimum absolute atomic E-state index is 0.0314. The SMILES string of the molecule is CSc1cccc(C(=O)NCC2CCN(CCNP(O)C3CC3)CC2)c1. The average molecular weight is 396 g/mol. The summed E-state index contributed by atoms with van der Waals surface area (Å²) in [5.74, 6) is 0.595. The van der Waals surface area contributed by atoms with E-state index in [2.05, 4.69) is 15.3 Å². The second-order valence-corrected chi connectivity index (χ2v) is 9.83. The Morgan fingerprint density at radius 2 is 2.08 bits per heavy atom. The van der Waals surface area contributed by atoms with Crippen LogP contribution in [0.2, 0.25) is 0 Å². The molecule has 1 aliphatic heterocycles. The highest BCUT2D eigenvalue weighted by Crippen LogP contribution is 2.47. The molecule has 26 heavy (non-hydrogen) atoms. The van der Waals surface area contributed by atoms with Gasteiger partial charge in [0.1, 0.15) is 8.30 Å². The molecular weight excluding hydrogens is 365 g/mol. The number of thioether (sulfide) groups is 1. The van der Waals surface area contributed by atoms with E-state index in [9.17, 15) is 9.69 Å². The van der Waals surface area contributed by atoms with E-state index in [4.69, 9.17) is 0 Å². The highest BCUT2D eigenvalue weighted by atomic mass is 32.2. The maximum atomic E-state index is 12.3. The van der Waals surface area contributed by atoms with Gasteiger partial charge in [-0.05, 0) is 69.1 Å². The smallest absolute Gasteiger partial charge is 0.251 e. The van der Waals surface area contributed by atoms with Crippen molar-refractivity contribution in [2.24, 2.45) is 5.92 Å². The van der Waals surface area contributed by atoms with Gasteiger partial charge in [0.2, 0.25) is 0 Å². The Balaban J connectivity index is 1.31. The van der Waals surface area contributed by atoms with Gasteiger partial charge < -0.3 is 15.1 Å². The predicted octanol–water partition coefficient (Wildman–Crippen LogP) is 2.91. The zero-order chi connectivity index (χ0) is 18.4. The molecule has 0 spiro atoms. The Morgan fingerprint density at radius 3 is 2.77 bits per heavy atom. The number of nitrogens with zero attached hydrogens (tertiary/aromatic N) is 1. The van der Waals surface area contributed by atoms with Crippen molar-refractivity contribution >= 4 is 26.0 Å². The molecule has 1 unspecified atom stereocenters. The second-order valence-electron chi connectivity index (χ2n) is 7.21. The van der Waals surface area contributed by atoms with E-state index < -0.39 is 8.30 Å². The normalized spacial score (nSPS) is 20.1. The number of benzene rings is 1. The summed E-state index contributed by atoms with van der Waals surface area (Å²) in [6.07, 6.45) is 6.65. The van der Waals surface area contributed by atoms with E-state index >= 15 is 0 Å². The number of piperidine rings is 1. The first kappa shape index (κ1) is 20.1. The summed E-state index contributed by atoms with van der Waals surface area (Å²) in [7, 11) is -0.929. The topological polar surface area (TPSA) is 64.6 Å². The van der Waals surface area contributed by atoms with Gasteiger partial charge >= 0.3 is 0 Å². The number of hydrogen-bond acceptors (Lipinski definition) is 5. The van der Waals surface area contributed by atoms with Crippen LogP contribution in [0.4, 0.5) is 0 Å². The van der Waals surface area contributed by atoms with Crippen molar-refractivity contribution in [1.29, 1.82) is 0 Å². The predicted molar refractivity (Wildman–Crippen MR) is 110 cm³/mol. The number of amides is 1. The van der Waals surface area contributed by atoms with E-state index in [-0.39, 0.29) is 5.91 Å². The molecule has 1 aliphatic carbocycles. The van der Waals surface area contributed by atoms with Gasteiger partial charge in [-0.1, -0.05) is 6.07 Å². The first-order chi connectivity index (χ1) is 12.7. The molecule has 3 N–H and O–H groups in total. The summed E-state index contributed by atoms with van der Waals surface area (Å²) >= 11 is 1.65. The first-order valence-corrected chi connectivity index (χ1v) is 12.1. The van der Waals surface area contributed by atoms with E-state index in [1.807, 2.05) is 30.5 Å². The van der Waals surface area contributed by atoms with Crippen molar-refractivity contribution in [2.45, 2.75) is 36.2 Å². The number of nitrogens with one attached hydrogen (secondary N) is 2. The van der Waals surface area contributed by atoms with E-state index in [1.54, 1.807) is 11.8 Å². The molecule has 1 saturated heterocycles. The molecule has 2 fully saturated rings. The van der Waals surface area contributed by atoms with E-state index in [1.165, 1.54) is 12.8 Å². The molecule has 0 aromatic heterocycles. The van der Waals surface area contributed by atoms with Crippen molar-refractivity contribution in [3.05, 3.63) is 29.8 Å². The second kappa shape index (κ2) is 10.0. The Kier molecular flexibility index (Phi) is 7.77. The van der Waals surface area contributed by atoms with Crippen molar-refractivity contribution in [3.8, 4) is 0 Å². The average Bonchev–Trinajstić information content (AvgIpc) is 3.52. The van der Waals surface area contributed by atoms with Crippen molar-refractivity contribution < 1.29 is 9.69 Å². The summed E-state index contributed by atoms with van der Waals surface area (Å²) in [5.41, 5.74) is 1.30. The van der Waals surface area contributed by atoms with Gasteiger partial charge in [-0.25, -0.2) is 0 Å². The van der Waals surface area contributed by atoms with E-state index in [0.29, 0.717) is 11.6 Å². The van der Waals surface area contributed by atoms with Gasteiger partial charge in [0.05, 0.1) is 0 Å². The molecule has 1 atom stereocenters. The van der Waals surface area contributed by atoms with Crippen LogP contribution < -0.4 is 10.4 Å². The van der Waals surface area contributed by atoms with Gasteiger partial charge in [-0.3, -0.25) is 9.88 Å². The Labute approximate surface area is 162 Å². The Morgan fingerprint density at radius 1 is 1.31 bits per heavy atom. The minimum atomic E-state index is -0.929. The van der Waals surface area contributed by atoms with Crippen LogP contribution >= 0.6 is 20.1 Å². The van der Waals surface area contributed by atoms with Crippen molar-refractivity contribution in [1.82, 2.24) is 15.3 Å². The highest BCUT2D eigenvalue weighted by Gasteiger charge is 2.30. The van der Waals surface area contributed by atoms with Gasteiger partial charge in [-0.2, -0.15) is 0 Å². The van der Waals surface area contributed by atoms with Crippen LogP contribution in [0.5, 0.6) is 0 Å². The van der Waals surface area contributed by atoms with Gasteiger partial charge in [0.25, 0.3) is 5.91 Å². The third kappa shape index (κ3) is 6.21. The maximum absolute atomic E-state index is 12.3. The first-order valence-electron chi connectivity index (χ1n) is 9.52. The number of carbonyl (C=O) groups excluding carboxylic acids is 1. The summed E-state index contributed by atoms with van der Waals surface area (Å²) in [5, 5.41) is 6.39. The molecule has 1 aromatic carbocycles. The fourth-order valence-electron chi connectivity index (χ4n) is 3.29. The lowest BCUT2D eigenvalue weighted by Gasteiger charge is -2.32. The maximum Gasteiger partial charge on any atom is 0.251 e. The van der Waals surface area contributed by atoms with Crippen molar-refractivity contribution in [3.63, 3.8) is 0 Å². The third-order valence-corrected chi connectivity index (χ3v) is 7.67. The molecule has 7 heteroatoms. The molecule has 5 nitrogen and oxygen atoms in total. The van der Waals surface area contributed by atoms with Crippen LogP contribution in [0.25, 0.3) is 0 Å². The summed E-state index contributed by atoms with van der Waals surface area (Å²) in [4.78, 5) is 25.8. The lowest BCUT2D eigenvalue weighted by atomic mass is 9.96. The zero-order valence-electron chi connectivity index (χ0n) is 15.5. The van der Waals surface area contributed by atoms with Crippen molar-refractivity contribution in [2.75, 3.05) is 39.0 Å². The Hall–Kier alpha value is -0.650. The van der Waals surface area contributed by atoms with Crippen LogP contribution in [0.1, 0.15) is 36.0 Å². The molecular formula is C19H30N3O2PS. The summed E-state index contributed by atoms with van der Waals surface area (Å²) in [6.45, 7) is 4.81. The zero-order valence-corrected chi connectivity index (χ0v) is 17.2. The molecule has 2 aliphatic rings. The number of likely N-dealkylation sites (tertiary alicyclic amines) is 1. The molecule has 1 saturated carbocycles. The fraction of sp³-hybridized carbons (Fsp3) is 0.632. The molecule has 1 heterocycles. The summed E-state index contributed by atoms with van der Waals surface area (Å²) < 4.78 is 0. The lowest BCUT2D eigenvalue weighted by molar-refractivity contribution is 0.0936. The van der Waals surface area contributed by atoms with Crippen LogP contribution in [0, 0.1) is 5.92 Å². The number of rotatable bonds is 9. The van der Waals surface area contributed by atoms with Crippen LogP contribution in [0.15, 0.2) is 29.2 Å². The molecule has 1 amide bonds. The fourth-order valence-corrected chi connectivity index (χ4v) is 4.97. The largest absolute Gasteiger partial charge is 0.359 e. The highest BCUT2D eigenvalue weighted by molar-refractivity contribution is 7.98. The lowest BCUT2D eigenvalue weighted by Crippen LogP contribution is -2.40. The molecule has 144 valence electrons. The Bertz CT molecular complexity index is 592. The van der Waals surface area contributed by atoms with Crippen LogP contribution in [-0.2, 0) is 0 Å².